The minimum absolute atomic E-state index is 0.0644. The van der Waals surface area contributed by atoms with Crippen molar-refractivity contribution in [3.63, 3.8) is 0 Å². The second kappa shape index (κ2) is 6.62. The van der Waals surface area contributed by atoms with Gasteiger partial charge in [-0.15, -0.1) is 0 Å². The Morgan fingerprint density at radius 3 is 2.42 bits per heavy atom. The van der Waals surface area contributed by atoms with Gasteiger partial charge in [0.05, 0.1) is 16.8 Å². The Balaban J connectivity index is 1.99. The van der Waals surface area contributed by atoms with Gasteiger partial charge in [-0.25, -0.2) is 9.07 Å². The van der Waals surface area contributed by atoms with Crippen LogP contribution < -0.4 is 5.32 Å². The molecule has 0 unspecified atom stereocenters. The Morgan fingerprint density at radius 1 is 1.08 bits per heavy atom. The summed E-state index contributed by atoms with van der Waals surface area (Å²) in [4.78, 5) is 12.4. The normalized spacial score (nSPS) is 11.4. The third-order valence-electron chi connectivity index (χ3n) is 3.63. The van der Waals surface area contributed by atoms with E-state index >= 15 is 0 Å². The number of carbonyl (C=O) groups is 1. The van der Waals surface area contributed by atoms with Gasteiger partial charge in [-0.1, -0.05) is 24.3 Å². The van der Waals surface area contributed by atoms with Crippen LogP contribution in [0.2, 0.25) is 0 Å². The lowest BCUT2D eigenvalue weighted by Crippen LogP contribution is -2.20. The Labute approximate surface area is 146 Å². The van der Waals surface area contributed by atoms with Gasteiger partial charge in [0, 0.05) is 6.07 Å². The molecule has 1 heterocycles. The highest BCUT2D eigenvalue weighted by Crippen LogP contribution is 2.32. The highest BCUT2D eigenvalue weighted by atomic mass is 19.4. The van der Waals surface area contributed by atoms with Crippen LogP contribution in [0.5, 0.6) is 0 Å². The summed E-state index contributed by atoms with van der Waals surface area (Å²) in [7, 11) is 0. The number of aryl methyl sites for hydroxylation is 1. The van der Waals surface area contributed by atoms with Crippen LogP contribution in [0.15, 0.2) is 54.6 Å². The van der Waals surface area contributed by atoms with Crippen molar-refractivity contribution in [2.45, 2.75) is 13.1 Å². The number of amides is 1. The monoisotopic (exact) mass is 363 g/mol. The highest BCUT2D eigenvalue weighted by Gasteiger charge is 2.35. The van der Waals surface area contributed by atoms with E-state index in [-0.39, 0.29) is 11.5 Å². The number of hydrogen-bond acceptors (Lipinski definition) is 2. The van der Waals surface area contributed by atoms with Gasteiger partial charge < -0.3 is 5.32 Å². The molecule has 0 atom stereocenters. The molecule has 0 aliphatic rings. The molecule has 0 aliphatic heterocycles. The number of benzene rings is 2. The molecular formula is C18H13F4N3O. The lowest BCUT2D eigenvalue weighted by atomic mass is 10.1. The van der Waals surface area contributed by atoms with Crippen LogP contribution in [-0.4, -0.2) is 15.7 Å². The van der Waals surface area contributed by atoms with E-state index < -0.39 is 29.0 Å². The Hall–Kier alpha value is -3.16. The van der Waals surface area contributed by atoms with Crippen molar-refractivity contribution in [1.82, 2.24) is 9.78 Å². The number of anilines is 1. The van der Waals surface area contributed by atoms with E-state index in [1.54, 1.807) is 13.0 Å². The molecule has 0 radical (unpaired) electrons. The molecule has 1 amide bonds. The second-order valence-corrected chi connectivity index (χ2v) is 5.53. The summed E-state index contributed by atoms with van der Waals surface area (Å²) in [5.74, 6) is -1.48. The summed E-state index contributed by atoms with van der Waals surface area (Å²) in [5, 5.41) is 6.48. The van der Waals surface area contributed by atoms with E-state index in [0.717, 1.165) is 16.8 Å². The number of alkyl halides is 3. The molecule has 4 nitrogen and oxygen atoms in total. The molecule has 0 fully saturated rings. The van der Waals surface area contributed by atoms with E-state index in [2.05, 4.69) is 10.4 Å². The Kier molecular flexibility index (Phi) is 4.50. The fraction of sp³-hybridized carbons (Fsp3) is 0.111. The quantitative estimate of drug-likeness (QED) is 0.692. The molecule has 134 valence electrons. The molecule has 0 bridgehead atoms. The lowest BCUT2D eigenvalue weighted by molar-refractivity contribution is -0.137. The van der Waals surface area contributed by atoms with E-state index in [0.29, 0.717) is 5.69 Å². The average molecular weight is 363 g/mol. The summed E-state index contributed by atoms with van der Waals surface area (Å²) < 4.78 is 54.5. The molecule has 2 aromatic carbocycles. The van der Waals surface area contributed by atoms with Crippen molar-refractivity contribution in [3.05, 3.63) is 77.2 Å². The van der Waals surface area contributed by atoms with Crippen LogP contribution in [0.4, 0.5) is 23.4 Å². The molecule has 0 spiro atoms. The zero-order valence-electron chi connectivity index (χ0n) is 13.5. The van der Waals surface area contributed by atoms with E-state index in [1.165, 1.54) is 36.4 Å². The number of carbonyl (C=O) groups excluding carboxylic acids is 1. The smallest absolute Gasteiger partial charge is 0.306 e. The number of aromatic nitrogens is 2. The molecule has 0 saturated heterocycles. The van der Waals surface area contributed by atoms with E-state index in [1.807, 2.05) is 0 Å². The van der Waals surface area contributed by atoms with Gasteiger partial charge in [0.25, 0.3) is 5.91 Å². The number of nitrogens with zero attached hydrogens (tertiary/aromatic N) is 2. The third-order valence-corrected chi connectivity index (χ3v) is 3.63. The van der Waals surface area contributed by atoms with Crippen LogP contribution in [0.25, 0.3) is 5.69 Å². The van der Waals surface area contributed by atoms with Crippen LogP contribution >= 0.6 is 0 Å². The van der Waals surface area contributed by atoms with Gasteiger partial charge in [0.15, 0.2) is 0 Å². The zero-order chi connectivity index (χ0) is 18.9. The van der Waals surface area contributed by atoms with Gasteiger partial charge in [-0.3, -0.25) is 4.79 Å². The maximum absolute atomic E-state index is 14.0. The van der Waals surface area contributed by atoms with Gasteiger partial charge in [-0.2, -0.15) is 18.3 Å². The Morgan fingerprint density at radius 2 is 1.73 bits per heavy atom. The van der Waals surface area contributed by atoms with E-state index in [4.69, 9.17) is 0 Å². The zero-order valence-corrected chi connectivity index (χ0v) is 13.5. The minimum Gasteiger partial charge on any atom is -0.306 e. The van der Waals surface area contributed by atoms with Crippen LogP contribution in [0.1, 0.15) is 21.6 Å². The summed E-state index contributed by atoms with van der Waals surface area (Å²) in [6, 6.07) is 11.6. The van der Waals surface area contributed by atoms with Crippen LogP contribution in [0, 0.1) is 12.7 Å². The number of rotatable bonds is 3. The summed E-state index contributed by atoms with van der Waals surface area (Å²) in [5.41, 5.74) is -1.04. The van der Waals surface area contributed by atoms with Crippen molar-refractivity contribution in [3.8, 4) is 5.69 Å². The van der Waals surface area contributed by atoms with Gasteiger partial charge in [0.1, 0.15) is 17.3 Å². The predicted molar refractivity (Wildman–Crippen MR) is 87.7 cm³/mol. The molecule has 3 aromatic rings. The lowest BCUT2D eigenvalue weighted by Gasteiger charge is -2.13. The summed E-state index contributed by atoms with van der Waals surface area (Å²) >= 11 is 0. The topological polar surface area (TPSA) is 46.9 Å². The largest absolute Gasteiger partial charge is 0.417 e. The third kappa shape index (κ3) is 3.44. The fourth-order valence-corrected chi connectivity index (χ4v) is 2.51. The fourth-order valence-electron chi connectivity index (χ4n) is 2.51. The number of nitrogens with one attached hydrogen (secondary N) is 1. The number of hydrogen-bond donors (Lipinski definition) is 1. The SMILES string of the molecule is Cc1cc(NC(=O)c2ccccc2C(F)(F)F)n(-c2ccccc2F)n1. The first-order chi connectivity index (χ1) is 12.3. The van der Waals surface area contributed by atoms with Crippen molar-refractivity contribution in [2.24, 2.45) is 0 Å². The average Bonchev–Trinajstić information content (AvgIpc) is 2.94. The molecule has 26 heavy (non-hydrogen) atoms. The molecular weight excluding hydrogens is 350 g/mol. The Bertz CT molecular complexity index is 963. The molecule has 1 aromatic heterocycles. The number of para-hydroxylation sites is 1. The highest BCUT2D eigenvalue weighted by molar-refractivity contribution is 6.05. The van der Waals surface area contributed by atoms with Crippen molar-refractivity contribution in [1.29, 1.82) is 0 Å². The maximum atomic E-state index is 14.0. The molecule has 0 aliphatic carbocycles. The summed E-state index contributed by atoms with van der Waals surface area (Å²) in [6.45, 7) is 1.62. The predicted octanol–water partition coefficient (Wildman–Crippen LogP) is 4.59. The first-order valence-corrected chi connectivity index (χ1v) is 7.56. The molecule has 0 saturated carbocycles. The summed E-state index contributed by atoms with van der Waals surface area (Å²) in [6.07, 6.45) is -4.67. The molecule has 8 heteroatoms. The van der Waals surface area contributed by atoms with Gasteiger partial charge in [-0.05, 0) is 31.2 Å². The van der Waals surface area contributed by atoms with Crippen molar-refractivity contribution >= 4 is 11.7 Å². The van der Waals surface area contributed by atoms with Gasteiger partial charge >= 0.3 is 6.18 Å². The second-order valence-electron chi connectivity index (χ2n) is 5.53. The van der Waals surface area contributed by atoms with Crippen molar-refractivity contribution in [2.75, 3.05) is 5.32 Å². The first-order valence-electron chi connectivity index (χ1n) is 7.56. The maximum Gasteiger partial charge on any atom is 0.417 e. The van der Waals surface area contributed by atoms with Crippen molar-refractivity contribution < 1.29 is 22.4 Å². The van der Waals surface area contributed by atoms with Gasteiger partial charge in [0.2, 0.25) is 0 Å². The van der Waals surface area contributed by atoms with E-state index in [9.17, 15) is 22.4 Å². The number of halogens is 4. The molecule has 3 rings (SSSR count). The first kappa shape index (κ1) is 17.7. The molecule has 1 N–H and O–H groups in total. The minimum atomic E-state index is -4.67. The van der Waals surface area contributed by atoms with Crippen LogP contribution in [0.3, 0.4) is 0 Å². The standard InChI is InChI=1S/C18H13F4N3O/c1-11-10-16(25(24-11)15-9-5-4-8-14(15)19)23-17(26)12-6-2-3-7-13(12)18(20,21)22/h2-10H,1H3,(H,23,26). The van der Waals surface area contributed by atoms with Crippen LogP contribution in [-0.2, 0) is 6.18 Å².